The molecule has 1 amide bonds. The molecule has 1 saturated heterocycles. The van der Waals surface area contributed by atoms with Crippen molar-refractivity contribution in [3.8, 4) is 11.5 Å². The number of rotatable bonds is 8. The van der Waals surface area contributed by atoms with Crippen molar-refractivity contribution in [1.82, 2.24) is 4.90 Å². The Labute approximate surface area is 189 Å². The maximum Gasteiger partial charge on any atom is 0.295 e. The first kappa shape index (κ1) is 22.8. The fourth-order valence-electron chi connectivity index (χ4n) is 3.67. The summed E-state index contributed by atoms with van der Waals surface area (Å²) in [6.07, 6.45) is 0.545. The fraction of sp³-hybridized carbons (Fsp3) is 0.304. The van der Waals surface area contributed by atoms with Gasteiger partial charge in [0.1, 0.15) is 17.3 Å². The zero-order valence-corrected chi connectivity index (χ0v) is 19.1. The number of ketones is 1. The molecule has 31 heavy (non-hydrogen) atoms. The number of benzene rings is 2. The van der Waals surface area contributed by atoms with Crippen molar-refractivity contribution in [3.05, 3.63) is 63.6 Å². The second kappa shape index (κ2) is 9.98. The van der Waals surface area contributed by atoms with Crippen LogP contribution in [0.25, 0.3) is 5.76 Å². The van der Waals surface area contributed by atoms with E-state index < -0.39 is 17.7 Å². The Morgan fingerprint density at radius 1 is 1.06 bits per heavy atom. The predicted octanol–water partition coefficient (Wildman–Crippen LogP) is 3.92. The molecule has 164 valence electrons. The first-order valence-corrected chi connectivity index (χ1v) is 10.5. The van der Waals surface area contributed by atoms with Crippen LogP contribution in [-0.2, 0) is 14.3 Å². The number of halogens is 1. The fourth-order valence-corrected chi connectivity index (χ4v) is 4.22. The van der Waals surface area contributed by atoms with Crippen LogP contribution < -0.4 is 9.47 Å². The number of Topliss-reactive ketones (excluding diaryl/α,β-unsaturated/α-hetero) is 1. The topological polar surface area (TPSA) is 85.3 Å². The molecule has 2 aromatic carbocycles. The molecular formula is C23H24BrNO6. The molecule has 1 fully saturated rings. The average Bonchev–Trinajstić information content (AvgIpc) is 3.03. The first-order valence-electron chi connectivity index (χ1n) is 9.68. The molecule has 7 nitrogen and oxygen atoms in total. The van der Waals surface area contributed by atoms with E-state index >= 15 is 0 Å². The largest absolute Gasteiger partial charge is 0.507 e. The Morgan fingerprint density at radius 2 is 1.77 bits per heavy atom. The standard InChI is InChI=1S/C23H24BrNO6/c1-29-12-6-11-25-20(15-7-4-5-8-17(15)30-2)19(22(27)23(25)28)21(26)14-9-10-18(31-3)16(24)13-14/h4-5,7-10,13,20,26H,6,11-12H2,1-3H3/b21-19+. The number of para-hydroxylation sites is 1. The van der Waals surface area contributed by atoms with E-state index in [-0.39, 0.29) is 11.3 Å². The van der Waals surface area contributed by atoms with Gasteiger partial charge in [-0.1, -0.05) is 18.2 Å². The molecule has 0 aliphatic carbocycles. The molecule has 1 N–H and O–H groups in total. The highest BCUT2D eigenvalue weighted by Gasteiger charge is 2.46. The minimum atomic E-state index is -0.783. The number of nitrogens with zero attached hydrogens (tertiary/aromatic N) is 1. The van der Waals surface area contributed by atoms with Gasteiger partial charge in [0.15, 0.2) is 0 Å². The lowest BCUT2D eigenvalue weighted by Gasteiger charge is -2.26. The summed E-state index contributed by atoms with van der Waals surface area (Å²) in [5, 5.41) is 11.1. The van der Waals surface area contributed by atoms with E-state index in [1.54, 1.807) is 49.6 Å². The molecule has 2 aromatic rings. The smallest absolute Gasteiger partial charge is 0.295 e. The van der Waals surface area contributed by atoms with Crippen molar-refractivity contribution in [1.29, 1.82) is 0 Å². The van der Waals surface area contributed by atoms with Gasteiger partial charge in [-0.2, -0.15) is 0 Å². The molecule has 1 heterocycles. The number of ether oxygens (including phenoxy) is 3. The third-order valence-electron chi connectivity index (χ3n) is 5.15. The highest BCUT2D eigenvalue weighted by molar-refractivity contribution is 9.10. The monoisotopic (exact) mass is 489 g/mol. The highest BCUT2D eigenvalue weighted by Crippen LogP contribution is 2.43. The molecule has 0 spiro atoms. The van der Waals surface area contributed by atoms with Crippen molar-refractivity contribution in [3.63, 3.8) is 0 Å². The predicted molar refractivity (Wildman–Crippen MR) is 119 cm³/mol. The third-order valence-corrected chi connectivity index (χ3v) is 5.77. The second-order valence-corrected chi connectivity index (χ2v) is 7.78. The summed E-state index contributed by atoms with van der Waals surface area (Å²) >= 11 is 3.39. The van der Waals surface area contributed by atoms with Crippen molar-refractivity contribution < 1.29 is 28.9 Å². The molecule has 0 radical (unpaired) electrons. The number of carbonyl (C=O) groups is 2. The Hall–Kier alpha value is -2.84. The minimum absolute atomic E-state index is 0.0176. The summed E-state index contributed by atoms with van der Waals surface area (Å²) in [6.45, 7) is 0.733. The Kier molecular flexibility index (Phi) is 7.35. The van der Waals surface area contributed by atoms with Crippen molar-refractivity contribution in [2.24, 2.45) is 0 Å². The van der Waals surface area contributed by atoms with E-state index in [4.69, 9.17) is 14.2 Å². The molecule has 8 heteroatoms. The van der Waals surface area contributed by atoms with E-state index in [9.17, 15) is 14.7 Å². The van der Waals surface area contributed by atoms with Crippen LogP contribution in [-0.4, -0.2) is 56.2 Å². The Balaban J connectivity index is 2.17. The lowest BCUT2D eigenvalue weighted by Crippen LogP contribution is -2.31. The minimum Gasteiger partial charge on any atom is -0.507 e. The number of hydrogen-bond donors (Lipinski definition) is 1. The molecule has 3 rings (SSSR count). The number of aliphatic hydroxyl groups excluding tert-OH is 1. The van der Waals surface area contributed by atoms with Gasteiger partial charge in [-0.05, 0) is 46.6 Å². The second-order valence-electron chi connectivity index (χ2n) is 6.93. The van der Waals surface area contributed by atoms with Crippen molar-refractivity contribution in [2.45, 2.75) is 12.5 Å². The number of carbonyl (C=O) groups excluding carboxylic acids is 2. The number of amides is 1. The normalized spacial score (nSPS) is 17.8. The average molecular weight is 490 g/mol. The summed E-state index contributed by atoms with van der Waals surface area (Å²) in [7, 11) is 4.64. The summed E-state index contributed by atoms with van der Waals surface area (Å²) < 4.78 is 16.4. The van der Waals surface area contributed by atoms with Gasteiger partial charge in [0, 0.05) is 31.4 Å². The molecule has 0 aromatic heterocycles. The summed E-state index contributed by atoms with van der Waals surface area (Å²) in [5.74, 6) is -0.559. The molecule has 1 atom stereocenters. The molecule has 1 aliphatic rings. The van der Waals surface area contributed by atoms with Crippen LogP contribution in [0.5, 0.6) is 11.5 Å². The maximum absolute atomic E-state index is 13.0. The summed E-state index contributed by atoms with van der Waals surface area (Å²) in [4.78, 5) is 27.4. The van der Waals surface area contributed by atoms with Crippen LogP contribution in [0.1, 0.15) is 23.6 Å². The van der Waals surface area contributed by atoms with Crippen molar-refractivity contribution >= 4 is 33.4 Å². The number of hydrogen-bond acceptors (Lipinski definition) is 6. The quantitative estimate of drug-likeness (QED) is 0.261. The summed E-state index contributed by atoms with van der Waals surface area (Å²) in [6, 6.07) is 11.3. The third kappa shape index (κ3) is 4.45. The van der Waals surface area contributed by atoms with E-state index in [0.29, 0.717) is 46.7 Å². The number of likely N-dealkylation sites (tertiary alicyclic amines) is 1. The lowest BCUT2D eigenvalue weighted by atomic mass is 9.94. The summed E-state index contributed by atoms with van der Waals surface area (Å²) in [5.41, 5.74) is 1.03. The van der Waals surface area contributed by atoms with E-state index in [1.807, 2.05) is 0 Å². The van der Waals surface area contributed by atoms with Gasteiger partial charge in [0.05, 0.1) is 30.3 Å². The zero-order valence-electron chi connectivity index (χ0n) is 17.6. The maximum atomic E-state index is 13.0. The highest BCUT2D eigenvalue weighted by atomic mass is 79.9. The van der Waals surface area contributed by atoms with Gasteiger partial charge in [0.2, 0.25) is 0 Å². The lowest BCUT2D eigenvalue weighted by molar-refractivity contribution is -0.140. The Morgan fingerprint density at radius 3 is 2.42 bits per heavy atom. The van der Waals surface area contributed by atoms with Gasteiger partial charge < -0.3 is 24.2 Å². The van der Waals surface area contributed by atoms with Crippen LogP contribution in [0.4, 0.5) is 0 Å². The van der Waals surface area contributed by atoms with Crippen molar-refractivity contribution in [2.75, 3.05) is 34.5 Å². The number of methoxy groups -OCH3 is 3. The van der Waals surface area contributed by atoms with E-state index in [0.717, 1.165) is 0 Å². The van der Waals surface area contributed by atoms with Crippen LogP contribution in [0.15, 0.2) is 52.5 Å². The van der Waals surface area contributed by atoms with Crippen LogP contribution in [0.2, 0.25) is 0 Å². The molecule has 1 aliphatic heterocycles. The molecule has 1 unspecified atom stereocenters. The zero-order chi connectivity index (χ0) is 22.5. The van der Waals surface area contributed by atoms with E-state index in [2.05, 4.69) is 15.9 Å². The van der Waals surface area contributed by atoms with Gasteiger partial charge >= 0.3 is 0 Å². The Bertz CT molecular complexity index is 1020. The SMILES string of the molecule is COCCCN1C(=O)C(=O)/C(=C(/O)c2ccc(OC)c(Br)c2)C1c1ccccc1OC. The van der Waals surface area contributed by atoms with Crippen LogP contribution in [0, 0.1) is 0 Å². The van der Waals surface area contributed by atoms with Gasteiger partial charge in [-0.3, -0.25) is 9.59 Å². The van der Waals surface area contributed by atoms with Crippen LogP contribution >= 0.6 is 15.9 Å². The van der Waals surface area contributed by atoms with Gasteiger partial charge in [-0.15, -0.1) is 0 Å². The first-order chi connectivity index (χ1) is 14.9. The number of aliphatic hydroxyl groups is 1. The molecule has 0 bridgehead atoms. The van der Waals surface area contributed by atoms with E-state index in [1.165, 1.54) is 19.1 Å². The van der Waals surface area contributed by atoms with Gasteiger partial charge in [-0.25, -0.2) is 0 Å². The van der Waals surface area contributed by atoms with Gasteiger partial charge in [0.25, 0.3) is 11.7 Å². The molecule has 0 saturated carbocycles. The van der Waals surface area contributed by atoms with Crippen LogP contribution in [0.3, 0.4) is 0 Å². The molecular weight excluding hydrogens is 466 g/mol.